The molecule has 4 atom stereocenters. The molecule has 0 bridgehead atoms. The molecule has 0 unspecified atom stereocenters. The van der Waals surface area contributed by atoms with Crippen LogP contribution in [-0.4, -0.2) is 68.7 Å². The second kappa shape index (κ2) is 20.5. The van der Waals surface area contributed by atoms with Crippen molar-refractivity contribution < 1.29 is 46.1 Å². The molecule has 0 saturated heterocycles. The Bertz CT molecular complexity index is 3760. The van der Waals surface area contributed by atoms with E-state index in [1.54, 1.807) is 6.20 Å². The average Bonchev–Trinajstić information content (AvgIpc) is 1.56. The van der Waals surface area contributed by atoms with E-state index in [9.17, 15) is 0 Å². The first kappa shape index (κ1) is 51.3. The first-order valence-electron chi connectivity index (χ1n) is 25.8. The number of imidazole rings is 4. The number of aliphatic imine (C=N–C) groups is 4. The zero-order valence-electron chi connectivity index (χ0n) is 43.5. The second-order valence-corrected chi connectivity index (χ2v) is 19.3. The molecule has 5 aromatic heterocycles. The van der Waals surface area contributed by atoms with Crippen LogP contribution in [0.3, 0.4) is 0 Å². The van der Waals surface area contributed by atoms with E-state index in [2.05, 4.69) is 71.8 Å². The largest absolute Gasteiger partial charge is 2.00 e. The number of hydrogen-bond acceptors (Lipinski definition) is 15. The van der Waals surface area contributed by atoms with Gasteiger partial charge in [-0.05, 0) is 77.4 Å². The van der Waals surface area contributed by atoms with Crippen molar-refractivity contribution in [2.45, 2.75) is 22.7 Å². The maximum Gasteiger partial charge on any atom is 2.00 e. The van der Waals surface area contributed by atoms with Crippen LogP contribution in [-0.2, 0) is 61.6 Å². The number of pyridine rings is 1. The van der Waals surface area contributed by atoms with Crippen LogP contribution in [0.4, 0.5) is 23.8 Å². The SMILES string of the molecule is [HH].[HH].[HH].[HH].[HH].[Zn+2].[Zn+2].c1ccc([C@]23N=C(Nc4nc5ccccc5[nH]4)N[C@@]2(c2ccccc2)N=C(Nc2nc4ccccc4[nH]2)[N-]3)cc1.c1ccc([C@]23N=C(Nc4nc5ccccc5[nH]4)N[C@@]2(c2ccccn2)N=C(Nc2nc4ccccc4[nH]2)[N-]3)cc1. The Labute approximate surface area is 500 Å². The molecule has 0 saturated carbocycles. The number of anilines is 4. The number of nitrogens with one attached hydrogen (secondary N) is 10. The van der Waals surface area contributed by atoms with Crippen molar-refractivity contribution in [3.05, 3.63) is 245 Å². The number of benzene rings is 7. The van der Waals surface area contributed by atoms with E-state index >= 15 is 0 Å². The summed E-state index contributed by atoms with van der Waals surface area (Å²) in [5.41, 5.74) is 5.80. The monoisotopic (exact) mass is 1190 g/mol. The van der Waals surface area contributed by atoms with Crippen LogP contribution in [0.2, 0.25) is 0 Å². The van der Waals surface area contributed by atoms with Crippen LogP contribution in [0, 0.1) is 0 Å². The van der Waals surface area contributed by atoms with Crippen molar-refractivity contribution in [2.75, 3.05) is 21.3 Å². The van der Waals surface area contributed by atoms with E-state index in [1.807, 2.05) is 206 Å². The zero-order valence-corrected chi connectivity index (χ0v) is 49.5. The first-order valence-corrected chi connectivity index (χ1v) is 25.8. The number of para-hydroxylation sites is 8. The predicted molar refractivity (Wildman–Crippen MR) is 322 cm³/mol. The van der Waals surface area contributed by atoms with Gasteiger partial charge in [-0.1, -0.05) is 146 Å². The van der Waals surface area contributed by atoms with E-state index in [4.69, 9.17) is 35.6 Å². The summed E-state index contributed by atoms with van der Waals surface area (Å²) < 4.78 is 0. The fourth-order valence-electron chi connectivity index (χ4n) is 10.8. The van der Waals surface area contributed by atoms with E-state index in [0.717, 1.165) is 60.8 Å². The molecule has 23 heteroatoms. The standard InChI is InChI=1S/C30H23N10.C29H22N11.2Zn.5H2/c1-3-11-19(12-4-1)29-30(20-13-5-2-6-14-20,39-27(37-29)35-25-31-21-15-7-8-16-22(21)32-25)40-28(38-29)36-26-33-23-17-9-10-18-24(23)34-26;1-2-10-18(11-3-1)28-29(23-16-8-9-17-30-23,39-26(37-28)35-24-31-19-12-4-5-13-20(19)32-24)40-27(38-28)36-25-33-21-14-6-7-15-22(21)34-25;;;;;;;/h1-18H,(H5-,31,32,33,34,35,36,37,38,39,40);1-17H,(H5-,31,32,33,34,35,36,37,38,39,40);;;5*1H/q2*-1;2*+2;;;;;/t29-,30+;28-,29+;;;;;;;. The molecule has 10 N–H and O–H groups in total. The van der Waals surface area contributed by atoms with Crippen molar-refractivity contribution in [1.29, 1.82) is 0 Å². The summed E-state index contributed by atoms with van der Waals surface area (Å²) in [4.78, 5) is 57.2. The normalized spacial score (nSPS) is 20.9. The van der Waals surface area contributed by atoms with Gasteiger partial charge in [-0.2, -0.15) is 0 Å². The van der Waals surface area contributed by atoms with E-state index in [1.165, 1.54) is 0 Å². The summed E-state index contributed by atoms with van der Waals surface area (Å²) in [7, 11) is 0. The second-order valence-electron chi connectivity index (χ2n) is 19.3. The molecule has 0 amide bonds. The molecule has 0 fully saturated rings. The van der Waals surface area contributed by atoms with Crippen molar-refractivity contribution in [1.82, 2.24) is 55.5 Å². The number of rotatable bonds is 8. The van der Waals surface area contributed by atoms with Crippen molar-refractivity contribution in [2.24, 2.45) is 20.0 Å². The number of aromatic nitrogens is 9. The molecule has 7 aromatic carbocycles. The van der Waals surface area contributed by atoms with Crippen molar-refractivity contribution in [3.8, 4) is 0 Å². The summed E-state index contributed by atoms with van der Waals surface area (Å²) in [6.07, 6.45) is 1.74. The van der Waals surface area contributed by atoms with Gasteiger partial charge in [-0.15, -0.1) is 0 Å². The Kier molecular flexibility index (Phi) is 12.9. The van der Waals surface area contributed by atoms with Gasteiger partial charge in [0.05, 0.1) is 49.8 Å². The smallest absolute Gasteiger partial charge is 0.383 e. The molecule has 21 nitrogen and oxygen atoms in total. The molecule has 0 spiro atoms. The van der Waals surface area contributed by atoms with Crippen molar-refractivity contribution in [3.63, 3.8) is 0 Å². The van der Waals surface area contributed by atoms with Crippen LogP contribution in [0.5, 0.6) is 0 Å². The summed E-state index contributed by atoms with van der Waals surface area (Å²) in [5.74, 6) is 3.96. The van der Waals surface area contributed by atoms with Gasteiger partial charge in [0.2, 0.25) is 23.8 Å². The number of guanidine groups is 4. The topological polar surface area (TPSA) is 277 Å². The van der Waals surface area contributed by atoms with Gasteiger partial charge < -0.3 is 61.8 Å². The summed E-state index contributed by atoms with van der Waals surface area (Å²) >= 11 is 0. The van der Waals surface area contributed by atoms with Gasteiger partial charge in [-0.25, -0.2) is 29.9 Å². The Morgan fingerprint density at radius 2 is 0.683 bits per heavy atom. The predicted octanol–water partition coefficient (Wildman–Crippen LogP) is 11.4. The Morgan fingerprint density at radius 3 is 1.09 bits per heavy atom. The average molecular weight is 1190 g/mol. The van der Waals surface area contributed by atoms with E-state index in [0.29, 0.717) is 53.3 Å². The molecule has 12 aromatic rings. The third-order valence-electron chi connectivity index (χ3n) is 14.3. The van der Waals surface area contributed by atoms with Crippen LogP contribution in [0.25, 0.3) is 54.8 Å². The number of aromatic amines is 4. The molecule has 0 radical (unpaired) electrons. The quantitative estimate of drug-likeness (QED) is 0.0639. The molecular weight excluding hydrogens is 1130 g/mol. The minimum atomic E-state index is -1.20. The molecule has 4 aliphatic heterocycles. The Morgan fingerprint density at radius 1 is 0.341 bits per heavy atom. The van der Waals surface area contributed by atoms with Gasteiger partial charge in [0.25, 0.3) is 0 Å². The molecule has 9 heterocycles. The van der Waals surface area contributed by atoms with Gasteiger partial charge in [0.15, 0.2) is 17.0 Å². The summed E-state index contributed by atoms with van der Waals surface area (Å²) in [6.45, 7) is 0. The maximum absolute atomic E-state index is 5.18. The zero-order chi connectivity index (χ0) is 53.1. The minimum absolute atomic E-state index is 0. The number of fused-ring (bicyclic) bond motifs is 6. The minimum Gasteiger partial charge on any atom is -0.383 e. The first-order chi connectivity index (χ1) is 39.4. The van der Waals surface area contributed by atoms with Crippen LogP contribution in [0.15, 0.2) is 232 Å². The van der Waals surface area contributed by atoms with Gasteiger partial charge in [-0.3, -0.25) is 15.6 Å². The molecule has 4 aliphatic rings. The van der Waals surface area contributed by atoms with Gasteiger partial charge in [0.1, 0.15) is 17.6 Å². The molecule has 16 rings (SSSR count). The number of nitrogens with zero attached hydrogens (tertiary/aromatic N) is 11. The van der Waals surface area contributed by atoms with E-state index in [-0.39, 0.29) is 46.1 Å². The molecule has 398 valence electrons. The summed E-state index contributed by atoms with van der Waals surface area (Å²) in [6, 6.07) is 67.1. The number of hydrogen-bond donors (Lipinski definition) is 10. The van der Waals surface area contributed by atoms with E-state index < -0.39 is 22.7 Å². The van der Waals surface area contributed by atoms with Crippen LogP contribution >= 0.6 is 0 Å². The third kappa shape index (κ3) is 8.65. The molecule has 82 heavy (non-hydrogen) atoms. The third-order valence-corrected chi connectivity index (χ3v) is 14.3. The fourth-order valence-corrected chi connectivity index (χ4v) is 10.8. The van der Waals surface area contributed by atoms with Gasteiger partial charge in [0, 0.05) is 25.2 Å². The Hall–Kier alpha value is -10.1. The fraction of sp³-hybridized carbons (Fsp3) is 0.0678. The van der Waals surface area contributed by atoms with Crippen molar-refractivity contribution >= 4 is 91.8 Å². The number of H-pyrrole nitrogens is 4. The van der Waals surface area contributed by atoms with Gasteiger partial charge >= 0.3 is 39.0 Å². The molecular formula is C59H55N21Zn2+2. The molecule has 0 aliphatic carbocycles. The van der Waals surface area contributed by atoms with Crippen LogP contribution < -0.4 is 31.9 Å². The Balaban J connectivity index is 0.000000209. The summed E-state index contributed by atoms with van der Waals surface area (Å²) in [5, 5.41) is 30.6. The van der Waals surface area contributed by atoms with Crippen LogP contribution in [0.1, 0.15) is 29.5 Å². The maximum atomic E-state index is 5.18.